The molecule has 34 heavy (non-hydrogen) atoms. The zero-order chi connectivity index (χ0) is 24.1. The molecule has 1 amide bonds. The molecule has 6 heteroatoms. The second kappa shape index (κ2) is 10.5. The number of hydrogen-bond donors (Lipinski definition) is 1. The lowest BCUT2D eigenvalue weighted by Crippen LogP contribution is -2.31. The molecule has 176 valence electrons. The Labute approximate surface area is 199 Å². The van der Waals surface area contributed by atoms with E-state index in [1.54, 1.807) is 36.3 Å². The number of aliphatic hydroxyl groups is 1. The Bertz CT molecular complexity index is 1210. The van der Waals surface area contributed by atoms with E-state index >= 15 is 0 Å². The number of rotatable bonds is 9. The minimum atomic E-state index is -0.695. The van der Waals surface area contributed by atoms with Gasteiger partial charge in [-0.15, -0.1) is 0 Å². The predicted molar refractivity (Wildman–Crippen MR) is 132 cm³/mol. The third kappa shape index (κ3) is 4.54. The Kier molecular flexibility index (Phi) is 7.28. The van der Waals surface area contributed by atoms with Crippen LogP contribution in [0.5, 0.6) is 5.75 Å². The Hall–Kier alpha value is -3.64. The summed E-state index contributed by atoms with van der Waals surface area (Å²) in [4.78, 5) is 27.9. The van der Waals surface area contributed by atoms with E-state index in [1.807, 2.05) is 49.4 Å². The van der Waals surface area contributed by atoms with Gasteiger partial charge in [-0.2, -0.15) is 0 Å². The van der Waals surface area contributed by atoms with Crippen LogP contribution in [0.1, 0.15) is 36.9 Å². The van der Waals surface area contributed by atoms with Crippen molar-refractivity contribution in [2.45, 2.75) is 25.8 Å². The van der Waals surface area contributed by atoms with Gasteiger partial charge in [-0.1, -0.05) is 49.4 Å². The molecule has 1 fully saturated rings. The maximum Gasteiger partial charge on any atom is 0.295 e. The van der Waals surface area contributed by atoms with Gasteiger partial charge in [0, 0.05) is 25.8 Å². The standard InChI is InChI=1S/C28H29NO5/c1-3-17-34-21-14-12-20(13-15-21)26(30)24-25(29(16-7-18-33-2)28(32)27(24)31)23-11-6-9-19-8-4-5-10-22(19)23/h4-6,8-15,25,30H,3,7,16-18H2,1-2H3/b26-24-. The van der Waals surface area contributed by atoms with E-state index < -0.39 is 17.7 Å². The smallest absolute Gasteiger partial charge is 0.295 e. The molecule has 0 radical (unpaired) electrons. The molecule has 3 aromatic carbocycles. The summed E-state index contributed by atoms with van der Waals surface area (Å²) in [7, 11) is 1.60. The van der Waals surface area contributed by atoms with E-state index in [0.717, 1.165) is 22.8 Å². The first kappa shape index (κ1) is 23.5. The van der Waals surface area contributed by atoms with E-state index in [0.29, 0.717) is 37.5 Å². The van der Waals surface area contributed by atoms with Crippen molar-refractivity contribution in [2.75, 3.05) is 26.9 Å². The van der Waals surface area contributed by atoms with Gasteiger partial charge in [0.25, 0.3) is 11.7 Å². The minimum absolute atomic E-state index is 0.0981. The molecule has 1 aliphatic heterocycles. The summed E-state index contributed by atoms with van der Waals surface area (Å²) in [6.07, 6.45) is 1.47. The van der Waals surface area contributed by atoms with Crippen LogP contribution in [0.4, 0.5) is 0 Å². The molecule has 1 unspecified atom stereocenters. The van der Waals surface area contributed by atoms with Gasteiger partial charge in [0.2, 0.25) is 0 Å². The van der Waals surface area contributed by atoms with Gasteiger partial charge in [-0.3, -0.25) is 9.59 Å². The Morgan fingerprint density at radius 3 is 2.44 bits per heavy atom. The third-order valence-corrected chi connectivity index (χ3v) is 6.01. The van der Waals surface area contributed by atoms with E-state index in [4.69, 9.17) is 9.47 Å². The number of aliphatic hydroxyl groups excluding tert-OH is 1. The van der Waals surface area contributed by atoms with Crippen molar-refractivity contribution in [3.63, 3.8) is 0 Å². The minimum Gasteiger partial charge on any atom is -0.507 e. The van der Waals surface area contributed by atoms with Gasteiger partial charge >= 0.3 is 0 Å². The fraction of sp³-hybridized carbons (Fsp3) is 0.286. The van der Waals surface area contributed by atoms with Crippen molar-refractivity contribution < 1.29 is 24.2 Å². The summed E-state index contributed by atoms with van der Waals surface area (Å²) in [6, 6.07) is 19.9. The number of carbonyl (C=O) groups is 2. The summed E-state index contributed by atoms with van der Waals surface area (Å²) in [5, 5.41) is 13.2. The summed E-state index contributed by atoms with van der Waals surface area (Å²) < 4.78 is 10.8. The summed E-state index contributed by atoms with van der Waals surface area (Å²) in [6.45, 7) is 3.43. The number of carbonyl (C=O) groups excluding carboxylic acids is 2. The molecule has 1 heterocycles. The van der Waals surface area contributed by atoms with Crippen LogP contribution in [0.15, 0.2) is 72.3 Å². The summed E-state index contributed by atoms with van der Waals surface area (Å²) >= 11 is 0. The zero-order valence-corrected chi connectivity index (χ0v) is 19.5. The number of likely N-dealkylation sites (tertiary alicyclic amines) is 1. The fourth-order valence-corrected chi connectivity index (χ4v) is 4.39. The van der Waals surface area contributed by atoms with Gasteiger partial charge in [0.15, 0.2) is 0 Å². The van der Waals surface area contributed by atoms with Gasteiger partial charge in [-0.05, 0) is 53.4 Å². The Morgan fingerprint density at radius 1 is 0.971 bits per heavy atom. The topological polar surface area (TPSA) is 76.1 Å². The van der Waals surface area contributed by atoms with Crippen molar-refractivity contribution in [1.29, 1.82) is 0 Å². The number of amides is 1. The number of methoxy groups -OCH3 is 1. The lowest BCUT2D eigenvalue weighted by Gasteiger charge is -2.26. The molecule has 6 nitrogen and oxygen atoms in total. The molecule has 0 aromatic heterocycles. The van der Waals surface area contributed by atoms with Crippen molar-refractivity contribution in [3.8, 4) is 5.75 Å². The monoisotopic (exact) mass is 459 g/mol. The number of benzene rings is 3. The SMILES string of the molecule is CCCOc1ccc(/C(O)=C2/C(=O)C(=O)N(CCCOC)C2c2cccc3ccccc23)cc1. The molecule has 0 saturated carbocycles. The Morgan fingerprint density at radius 2 is 1.71 bits per heavy atom. The zero-order valence-electron chi connectivity index (χ0n) is 19.5. The third-order valence-electron chi connectivity index (χ3n) is 6.01. The first-order chi connectivity index (χ1) is 16.6. The summed E-state index contributed by atoms with van der Waals surface area (Å²) in [5.74, 6) is -0.797. The van der Waals surface area contributed by atoms with Crippen LogP contribution in [-0.4, -0.2) is 48.6 Å². The number of ketones is 1. The molecule has 0 bridgehead atoms. The molecule has 3 aromatic rings. The average molecular weight is 460 g/mol. The second-order valence-electron chi connectivity index (χ2n) is 8.28. The molecule has 0 aliphatic carbocycles. The quantitative estimate of drug-likeness (QED) is 0.209. The van der Waals surface area contributed by atoms with E-state index in [2.05, 4.69) is 0 Å². The number of hydrogen-bond acceptors (Lipinski definition) is 5. The van der Waals surface area contributed by atoms with Crippen molar-refractivity contribution in [2.24, 2.45) is 0 Å². The number of ether oxygens (including phenoxy) is 2. The van der Waals surface area contributed by atoms with Crippen LogP contribution in [0, 0.1) is 0 Å². The molecule has 1 atom stereocenters. The molecule has 1 aliphatic rings. The van der Waals surface area contributed by atoms with Crippen molar-refractivity contribution in [1.82, 2.24) is 4.90 Å². The fourth-order valence-electron chi connectivity index (χ4n) is 4.39. The average Bonchev–Trinajstić information content (AvgIpc) is 3.12. The van der Waals surface area contributed by atoms with E-state index in [9.17, 15) is 14.7 Å². The number of Topliss-reactive ketones (excluding diaryl/α,β-unsaturated/α-hetero) is 1. The maximum atomic E-state index is 13.2. The van der Waals surface area contributed by atoms with Crippen LogP contribution < -0.4 is 4.74 Å². The highest BCUT2D eigenvalue weighted by atomic mass is 16.5. The maximum absolute atomic E-state index is 13.2. The van der Waals surface area contributed by atoms with Crippen LogP contribution in [0.3, 0.4) is 0 Å². The van der Waals surface area contributed by atoms with Crippen LogP contribution in [0.25, 0.3) is 16.5 Å². The van der Waals surface area contributed by atoms with Gasteiger partial charge in [-0.25, -0.2) is 0 Å². The molecule has 1 N–H and O–H groups in total. The Balaban J connectivity index is 1.83. The number of nitrogens with zero attached hydrogens (tertiary/aromatic N) is 1. The lowest BCUT2D eigenvalue weighted by molar-refractivity contribution is -0.140. The van der Waals surface area contributed by atoms with Gasteiger partial charge in [0.1, 0.15) is 11.5 Å². The highest BCUT2D eigenvalue weighted by Gasteiger charge is 2.46. The largest absolute Gasteiger partial charge is 0.507 e. The molecular weight excluding hydrogens is 430 g/mol. The van der Waals surface area contributed by atoms with E-state index in [1.165, 1.54) is 0 Å². The molecule has 1 saturated heterocycles. The first-order valence-electron chi connectivity index (χ1n) is 11.5. The van der Waals surface area contributed by atoms with Crippen molar-refractivity contribution in [3.05, 3.63) is 83.4 Å². The van der Waals surface area contributed by atoms with Gasteiger partial charge in [0.05, 0.1) is 18.2 Å². The molecule has 0 spiro atoms. The normalized spacial score (nSPS) is 17.5. The highest BCUT2D eigenvalue weighted by Crippen LogP contribution is 2.42. The van der Waals surface area contributed by atoms with Crippen molar-refractivity contribution >= 4 is 28.2 Å². The second-order valence-corrected chi connectivity index (χ2v) is 8.28. The van der Waals surface area contributed by atoms with Crippen LogP contribution in [-0.2, 0) is 14.3 Å². The molecular formula is C28H29NO5. The van der Waals surface area contributed by atoms with E-state index in [-0.39, 0.29) is 11.3 Å². The lowest BCUT2D eigenvalue weighted by atomic mass is 9.91. The first-order valence-corrected chi connectivity index (χ1v) is 11.5. The van der Waals surface area contributed by atoms with Gasteiger partial charge < -0.3 is 19.5 Å². The highest BCUT2D eigenvalue weighted by molar-refractivity contribution is 6.46. The van der Waals surface area contributed by atoms with Crippen LogP contribution in [0.2, 0.25) is 0 Å². The summed E-state index contributed by atoms with van der Waals surface area (Å²) in [5.41, 5.74) is 1.36. The molecule has 4 rings (SSSR count). The predicted octanol–water partition coefficient (Wildman–Crippen LogP) is 5.09. The number of fused-ring (bicyclic) bond motifs is 1. The van der Waals surface area contributed by atoms with Crippen LogP contribution >= 0.6 is 0 Å².